The van der Waals surface area contributed by atoms with Crippen molar-refractivity contribution in [3.8, 4) is 5.75 Å². The molecule has 1 aliphatic rings. The summed E-state index contributed by atoms with van der Waals surface area (Å²) in [4.78, 5) is 12.5. The average molecular weight is 397 g/mol. The molecule has 0 radical (unpaired) electrons. The predicted octanol–water partition coefficient (Wildman–Crippen LogP) is 5.32. The van der Waals surface area contributed by atoms with Crippen LogP contribution in [0.15, 0.2) is 41.0 Å². The molecule has 1 N–H and O–H groups in total. The summed E-state index contributed by atoms with van der Waals surface area (Å²) < 4.78 is 5.27. The van der Waals surface area contributed by atoms with Gasteiger partial charge in [-0.3, -0.25) is 4.79 Å². The summed E-state index contributed by atoms with van der Waals surface area (Å²) in [6.45, 7) is 6.06. The molecule has 146 valence electrons. The second-order valence-corrected chi connectivity index (χ2v) is 7.50. The number of hydrogen-bond acceptors (Lipinski definition) is 3. The van der Waals surface area contributed by atoms with E-state index in [0.717, 1.165) is 36.0 Å². The summed E-state index contributed by atoms with van der Waals surface area (Å²) in [6, 6.07) is 9.73. The number of carbonyl (C=O) groups is 1. The zero-order chi connectivity index (χ0) is 20.3. The van der Waals surface area contributed by atoms with Crippen molar-refractivity contribution in [3.63, 3.8) is 0 Å². The number of hydrazone groups is 1. The molecule has 0 saturated carbocycles. The lowest BCUT2D eigenvalue weighted by Crippen LogP contribution is -2.19. The van der Waals surface area contributed by atoms with Crippen LogP contribution in [0.2, 0.25) is 0 Å². The summed E-state index contributed by atoms with van der Waals surface area (Å²) in [5.41, 5.74) is 9.70. The maximum atomic E-state index is 12.5. The Morgan fingerprint density at radius 2 is 1.93 bits per heavy atom. The number of fused-ring (bicyclic) bond motifs is 1. The standard InChI is InChI=1S/C23H25ClN2O2/c1-14-11-17-7-5-8-18(22(24)20(17)12-15(14)2)13-25-26-23(27)19-9-6-10-21(28-4)16(19)3/h6,9-13H,5,7-8H2,1-4H3,(H,26,27)/b25-13+. The number of allylic oxidation sites excluding steroid dienone is 1. The Morgan fingerprint density at radius 1 is 1.18 bits per heavy atom. The number of ether oxygens (including phenoxy) is 1. The maximum absolute atomic E-state index is 12.5. The smallest absolute Gasteiger partial charge is 0.271 e. The Hall–Kier alpha value is -2.59. The van der Waals surface area contributed by atoms with Gasteiger partial charge in [0.25, 0.3) is 5.91 Å². The molecule has 0 fully saturated rings. The molecule has 0 heterocycles. The number of rotatable bonds is 4. The first-order valence-corrected chi connectivity index (χ1v) is 9.76. The van der Waals surface area contributed by atoms with Crippen LogP contribution in [0.25, 0.3) is 5.03 Å². The van der Waals surface area contributed by atoms with Gasteiger partial charge in [0, 0.05) is 11.1 Å². The average Bonchev–Trinajstić information content (AvgIpc) is 2.82. The fourth-order valence-electron chi connectivity index (χ4n) is 3.47. The highest BCUT2D eigenvalue weighted by atomic mass is 35.5. The van der Waals surface area contributed by atoms with Crippen LogP contribution >= 0.6 is 11.6 Å². The molecule has 5 heteroatoms. The van der Waals surface area contributed by atoms with Crippen molar-refractivity contribution in [2.45, 2.75) is 40.0 Å². The molecule has 1 aliphatic carbocycles. The molecule has 2 aromatic carbocycles. The largest absolute Gasteiger partial charge is 0.496 e. The van der Waals surface area contributed by atoms with Gasteiger partial charge in [-0.05, 0) is 86.1 Å². The van der Waals surface area contributed by atoms with E-state index < -0.39 is 0 Å². The van der Waals surface area contributed by atoms with Gasteiger partial charge < -0.3 is 4.74 Å². The third-order valence-corrected chi connectivity index (χ3v) is 5.71. The molecule has 28 heavy (non-hydrogen) atoms. The Labute approximate surface area is 171 Å². The van der Waals surface area contributed by atoms with E-state index >= 15 is 0 Å². The quantitative estimate of drug-likeness (QED) is 0.561. The number of amides is 1. The second kappa shape index (κ2) is 8.61. The highest BCUT2D eigenvalue weighted by molar-refractivity contribution is 6.50. The molecular formula is C23H25ClN2O2. The first kappa shape index (κ1) is 20.2. The zero-order valence-corrected chi connectivity index (χ0v) is 17.5. The van der Waals surface area contributed by atoms with Crippen molar-refractivity contribution in [1.82, 2.24) is 5.43 Å². The SMILES string of the molecule is COc1cccc(C(=O)N/N=C/C2=C(Cl)c3cc(C)c(C)cc3CCC2)c1C. The summed E-state index contributed by atoms with van der Waals surface area (Å²) in [5.74, 6) is 0.401. The monoisotopic (exact) mass is 396 g/mol. The van der Waals surface area contributed by atoms with Gasteiger partial charge in [-0.2, -0.15) is 5.10 Å². The Bertz CT molecular complexity index is 977. The van der Waals surface area contributed by atoms with Crippen LogP contribution in [0.3, 0.4) is 0 Å². The number of nitrogens with zero attached hydrogens (tertiary/aromatic N) is 1. The molecule has 0 aliphatic heterocycles. The maximum Gasteiger partial charge on any atom is 0.271 e. The summed E-state index contributed by atoms with van der Waals surface area (Å²) in [6.07, 6.45) is 4.47. The molecule has 0 saturated heterocycles. The van der Waals surface area contributed by atoms with Crippen molar-refractivity contribution in [1.29, 1.82) is 0 Å². The van der Waals surface area contributed by atoms with Crippen LogP contribution in [-0.2, 0) is 6.42 Å². The van der Waals surface area contributed by atoms with Crippen molar-refractivity contribution in [3.05, 3.63) is 69.3 Å². The van der Waals surface area contributed by atoms with Gasteiger partial charge in [-0.15, -0.1) is 0 Å². The molecule has 0 atom stereocenters. The third kappa shape index (κ3) is 4.12. The van der Waals surface area contributed by atoms with Crippen LogP contribution in [0.5, 0.6) is 5.75 Å². The van der Waals surface area contributed by atoms with Crippen molar-refractivity contribution in [2.75, 3.05) is 7.11 Å². The molecular weight excluding hydrogens is 372 g/mol. The van der Waals surface area contributed by atoms with Gasteiger partial charge in [0.15, 0.2) is 0 Å². The van der Waals surface area contributed by atoms with Crippen molar-refractivity contribution >= 4 is 28.8 Å². The van der Waals surface area contributed by atoms with Crippen molar-refractivity contribution < 1.29 is 9.53 Å². The molecule has 3 rings (SSSR count). The van der Waals surface area contributed by atoms with Gasteiger partial charge >= 0.3 is 0 Å². The fourth-order valence-corrected chi connectivity index (χ4v) is 3.79. The van der Waals surface area contributed by atoms with E-state index in [4.69, 9.17) is 16.3 Å². The first-order chi connectivity index (χ1) is 13.4. The topological polar surface area (TPSA) is 50.7 Å². The predicted molar refractivity (Wildman–Crippen MR) is 115 cm³/mol. The number of carbonyl (C=O) groups excluding carboxylic acids is 1. The van der Waals surface area contributed by atoms with Gasteiger partial charge in [0.1, 0.15) is 5.75 Å². The van der Waals surface area contributed by atoms with Gasteiger partial charge in [0.05, 0.1) is 18.4 Å². The normalized spacial score (nSPS) is 14.0. The summed E-state index contributed by atoms with van der Waals surface area (Å²) in [5, 5.41) is 4.88. The van der Waals surface area contributed by atoms with Gasteiger partial charge in [-0.1, -0.05) is 23.7 Å². The minimum atomic E-state index is -0.273. The van der Waals surface area contributed by atoms with E-state index in [1.807, 2.05) is 13.0 Å². The summed E-state index contributed by atoms with van der Waals surface area (Å²) in [7, 11) is 1.59. The summed E-state index contributed by atoms with van der Waals surface area (Å²) >= 11 is 6.70. The van der Waals surface area contributed by atoms with Gasteiger partial charge in [-0.25, -0.2) is 5.43 Å². The van der Waals surface area contributed by atoms with Gasteiger partial charge in [0.2, 0.25) is 0 Å². The Balaban J connectivity index is 1.81. The first-order valence-electron chi connectivity index (χ1n) is 9.38. The van der Waals surface area contributed by atoms with Crippen LogP contribution < -0.4 is 10.2 Å². The van der Waals surface area contributed by atoms with E-state index in [0.29, 0.717) is 16.3 Å². The Morgan fingerprint density at radius 3 is 2.68 bits per heavy atom. The molecule has 0 unspecified atom stereocenters. The lowest BCUT2D eigenvalue weighted by molar-refractivity contribution is 0.0954. The van der Waals surface area contributed by atoms with Crippen LogP contribution in [-0.4, -0.2) is 19.2 Å². The van der Waals surface area contributed by atoms with Crippen LogP contribution in [0.1, 0.15) is 51.0 Å². The third-order valence-electron chi connectivity index (χ3n) is 5.27. The van der Waals surface area contributed by atoms with Crippen LogP contribution in [0, 0.1) is 20.8 Å². The number of benzene rings is 2. The number of aryl methyl sites for hydroxylation is 3. The Kier molecular flexibility index (Phi) is 6.20. The molecule has 4 nitrogen and oxygen atoms in total. The highest BCUT2D eigenvalue weighted by Crippen LogP contribution is 2.34. The minimum Gasteiger partial charge on any atom is -0.496 e. The van der Waals surface area contributed by atoms with E-state index in [2.05, 4.69) is 36.5 Å². The zero-order valence-electron chi connectivity index (χ0n) is 16.7. The molecule has 0 bridgehead atoms. The van der Waals surface area contributed by atoms with Crippen LogP contribution in [0.4, 0.5) is 0 Å². The van der Waals surface area contributed by atoms with E-state index in [1.54, 1.807) is 25.5 Å². The number of hydrogen-bond donors (Lipinski definition) is 1. The van der Waals surface area contributed by atoms with E-state index in [-0.39, 0.29) is 5.91 Å². The molecule has 1 amide bonds. The minimum absolute atomic E-state index is 0.273. The highest BCUT2D eigenvalue weighted by Gasteiger charge is 2.16. The lowest BCUT2D eigenvalue weighted by atomic mass is 9.98. The lowest BCUT2D eigenvalue weighted by Gasteiger charge is -2.11. The number of methoxy groups -OCH3 is 1. The van der Waals surface area contributed by atoms with E-state index in [9.17, 15) is 4.79 Å². The molecule has 0 spiro atoms. The van der Waals surface area contributed by atoms with Crippen molar-refractivity contribution in [2.24, 2.45) is 5.10 Å². The second-order valence-electron chi connectivity index (χ2n) is 7.12. The number of halogens is 1. The van der Waals surface area contributed by atoms with E-state index in [1.165, 1.54) is 16.7 Å². The fraction of sp³-hybridized carbons (Fsp3) is 0.304. The molecule has 2 aromatic rings. The number of nitrogens with one attached hydrogen (secondary N) is 1. The molecule has 0 aromatic heterocycles.